The van der Waals surface area contributed by atoms with Crippen LogP contribution in [0.3, 0.4) is 0 Å². The highest BCUT2D eigenvalue weighted by Gasteiger charge is 2.03. The second-order valence-electron chi connectivity index (χ2n) is 3.51. The molecule has 0 aliphatic carbocycles. The molecule has 0 aliphatic rings. The average Bonchev–Trinajstić information content (AvgIpc) is 2.33. The summed E-state index contributed by atoms with van der Waals surface area (Å²) in [5.41, 5.74) is 0.679. The van der Waals surface area contributed by atoms with Gasteiger partial charge in [0.15, 0.2) is 0 Å². The van der Waals surface area contributed by atoms with E-state index in [1.165, 1.54) is 0 Å². The van der Waals surface area contributed by atoms with Gasteiger partial charge in [-0.25, -0.2) is 4.98 Å². The maximum atomic E-state index is 9.35. The van der Waals surface area contributed by atoms with E-state index in [2.05, 4.69) is 25.9 Å². The highest BCUT2D eigenvalue weighted by molar-refractivity contribution is 9.10. The molecule has 0 radical (unpaired) electrons. The quantitative estimate of drug-likeness (QED) is 0.943. The molecule has 2 aromatic rings. The van der Waals surface area contributed by atoms with Crippen molar-refractivity contribution in [2.45, 2.75) is 22.9 Å². The van der Waals surface area contributed by atoms with Crippen molar-refractivity contribution in [1.29, 1.82) is 0 Å². The SMILES string of the molecule is C[C@@H](O)c1ccc(Sc2ccc(Br)cn2)cn1. The zero-order valence-electron chi connectivity index (χ0n) is 9.17. The molecule has 0 bridgehead atoms. The minimum Gasteiger partial charge on any atom is -0.387 e. The van der Waals surface area contributed by atoms with E-state index in [1.54, 1.807) is 31.1 Å². The Labute approximate surface area is 112 Å². The van der Waals surface area contributed by atoms with Gasteiger partial charge < -0.3 is 5.11 Å². The van der Waals surface area contributed by atoms with Crippen molar-refractivity contribution < 1.29 is 5.11 Å². The molecular formula is C12H11BrN2OS. The van der Waals surface area contributed by atoms with Gasteiger partial charge in [0.2, 0.25) is 0 Å². The first-order valence-electron chi connectivity index (χ1n) is 5.08. The molecule has 0 amide bonds. The molecule has 88 valence electrons. The summed E-state index contributed by atoms with van der Waals surface area (Å²) < 4.78 is 0.962. The molecular weight excluding hydrogens is 300 g/mol. The van der Waals surface area contributed by atoms with E-state index in [1.807, 2.05) is 24.3 Å². The Morgan fingerprint density at radius 3 is 2.53 bits per heavy atom. The van der Waals surface area contributed by atoms with E-state index in [0.717, 1.165) is 14.4 Å². The number of aliphatic hydroxyl groups is 1. The minimum absolute atomic E-state index is 0.528. The predicted molar refractivity (Wildman–Crippen MR) is 70.9 cm³/mol. The summed E-state index contributed by atoms with van der Waals surface area (Å²) in [6.45, 7) is 1.70. The Morgan fingerprint density at radius 1 is 1.18 bits per heavy atom. The maximum absolute atomic E-state index is 9.35. The van der Waals surface area contributed by atoms with E-state index < -0.39 is 6.10 Å². The van der Waals surface area contributed by atoms with Gasteiger partial charge in [0.05, 0.1) is 11.8 Å². The first-order valence-corrected chi connectivity index (χ1v) is 6.69. The number of nitrogens with zero attached hydrogens (tertiary/aromatic N) is 2. The summed E-state index contributed by atoms with van der Waals surface area (Å²) in [4.78, 5) is 9.46. The summed E-state index contributed by atoms with van der Waals surface area (Å²) in [6, 6.07) is 7.65. The topological polar surface area (TPSA) is 46.0 Å². The van der Waals surface area contributed by atoms with Gasteiger partial charge >= 0.3 is 0 Å². The van der Waals surface area contributed by atoms with Crippen molar-refractivity contribution >= 4 is 27.7 Å². The van der Waals surface area contributed by atoms with Crippen LogP contribution in [0.1, 0.15) is 18.7 Å². The van der Waals surface area contributed by atoms with Gasteiger partial charge in [-0.1, -0.05) is 11.8 Å². The second-order valence-corrected chi connectivity index (χ2v) is 5.52. The summed E-state index contributed by atoms with van der Waals surface area (Å²) in [7, 11) is 0. The van der Waals surface area contributed by atoms with E-state index in [0.29, 0.717) is 5.69 Å². The largest absolute Gasteiger partial charge is 0.387 e. The third kappa shape index (κ3) is 3.52. The number of pyridine rings is 2. The van der Waals surface area contributed by atoms with Crippen LogP contribution >= 0.6 is 27.7 Å². The number of rotatable bonds is 3. The Bertz CT molecular complexity index is 485. The maximum Gasteiger partial charge on any atom is 0.101 e. The lowest BCUT2D eigenvalue weighted by Gasteiger charge is -2.04. The van der Waals surface area contributed by atoms with Crippen LogP contribution in [-0.2, 0) is 0 Å². The molecule has 0 fully saturated rings. The summed E-state index contributed by atoms with van der Waals surface area (Å²) in [5, 5.41) is 10.3. The summed E-state index contributed by atoms with van der Waals surface area (Å²) in [6.07, 6.45) is 2.98. The molecule has 2 aromatic heterocycles. The number of hydrogen-bond donors (Lipinski definition) is 1. The molecule has 0 unspecified atom stereocenters. The van der Waals surface area contributed by atoms with Crippen LogP contribution < -0.4 is 0 Å². The van der Waals surface area contributed by atoms with Gasteiger partial charge in [-0.05, 0) is 47.1 Å². The van der Waals surface area contributed by atoms with Crippen LogP contribution in [0.25, 0.3) is 0 Å². The lowest BCUT2D eigenvalue weighted by molar-refractivity contribution is 0.194. The van der Waals surface area contributed by atoms with Crippen LogP contribution in [0.4, 0.5) is 0 Å². The van der Waals surface area contributed by atoms with Gasteiger partial charge in [-0.15, -0.1) is 0 Å². The molecule has 0 spiro atoms. The highest BCUT2D eigenvalue weighted by atomic mass is 79.9. The standard InChI is InChI=1S/C12H11BrN2OS/c1-8(16)11-4-3-10(7-14-11)17-12-5-2-9(13)6-15-12/h2-8,16H,1H3/t8-/m1/s1. The fraction of sp³-hybridized carbons (Fsp3) is 0.167. The van der Waals surface area contributed by atoms with E-state index >= 15 is 0 Å². The van der Waals surface area contributed by atoms with Crippen LogP contribution in [0.2, 0.25) is 0 Å². The van der Waals surface area contributed by atoms with Crippen molar-refractivity contribution in [2.75, 3.05) is 0 Å². The Kier molecular flexibility index (Phi) is 4.15. The number of aromatic nitrogens is 2. The molecule has 5 heteroatoms. The normalized spacial score (nSPS) is 12.4. The number of hydrogen-bond acceptors (Lipinski definition) is 4. The summed E-state index contributed by atoms with van der Waals surface area (Å²) in [5.74, 6) is 0. The van der Waals surface area contributed by atoms with Gasteiger partial charge in [-0.3, -0.25) is 4.98 Å². The molecule has 17 heavy (non-hydrogen) atoms. The molecule has 0 saturated heterocycles. The fourth-order valence-corrected chi connectivity index (χ4v) is 2.20. The van der Waals surface area contributed by atoms with Gasteiger partial charge in [0, 0.05) is 21.8 Å². The zero-order valence-corrected chi connectivity index (χ0v) is 11.6. The lowest BCUT2D eigenvalue weighted by Crippen LogP contribution is -1.94. The Hall–Kier alpha value is -0.910. The van der Waals surface area contributed by atoms with Crippen LogP contribution in [0, 0.1) is 0 Å². The van der Waals surface area contributed by atoms with Gasteiger partial charge in [0.1, 0.15) is 5.03 Å². The third-order valence-electron chi connectivity index (χ3n) is 2.11. The summed E-state index contributed by atoms with van der Waals surface area (Å²) >= 11 is 4.89. The molecule has 2 heterocycles. The third-order valence-corrected chi connectivity index (χ3v) is 3.51. The molecule has 0 saturated carbocycles. The molecule has 0 aromatic carbocycles. The van der Waals surface area contributed by atoms with Crippen molar-refractivity contribution in [3.63, 3.8) is 0 Å². The Balaban J connectivity index is 2.11. The van der Waals surface area contributed by atoms with Crippen molar-refractivity contribution in [3.05, 3.63) is 46.8 Å². The smallest absolute Gasteiger partial charge is 0.101 e. The van der Waals surface area contributed by atoms with Crippen molar-refractivity contribution in [2.24, 2.45) is 0 Å². The second kappa shape index (κ2) is 5.62. The van der Waals surface area contributed by atoms with E-state index in [4.69, 9.17) is 0 Å². The van der Waals surface area contributed by atoms with Crippen molar-refractivity contribution in [3.8, 4) is 0 Å². The zero-order chi connectivity index (χ0) is 12.3. The molecule has 3 nitrogen and oxygen atoms in total. The van der Waals surface area contributed by atoms with Gasteiger partial charge in [-0.2, -0.15) is 0 Å². The average molecular weight is 311 g/mol. The Morgan fingerprint density at radius 2 is 2.00 bits per heavy atom. The highest BCUT2D eigenvalue weighted by Crippen LogP contribution is 2.26. The fourth-order valence-electron chi connectivity index (χ4n) is 1.24. The molecule has 2 rings (SSSR count). The number of aliphatic hydroxyl groups excluding tert-OH is 1. The molecule has 0 aliphatic heterocycles. The predicted octanol–water partition coefficient (Wildman–Crippen LogP) is 3.44. The minimum atomic E-state index is -0.528. The van der Waals surface area contributed by atoms with Crippen LogP contribution in [-0.4, -0.2) is 15.1 Å². The lowest BCUT2D eigenvalue weighted by atomic mass is 10.2. The first kappa shape index (κ1) is 12.5. The van der Waals surface area contributed by atoms with E-state index in [-0.39, 0.29) is 0 Å². The van der Waals surface area contributed by atoms with E-state index in [9.17, 15) is 5.11 Å². The first-order chi connectivity index (χ1) is 8.15. The van der Waals surface area contributed by atoms with Crippen molar-refractivity contribution in [1.82, 2.24) is 9.97 Å². The molecule has 1 atom stereocenters. The van der Waals surface area contributed by atoms with Crippen LogP contribution in [0.5, 0.6) is 0 Å². The molecule has 1 N–H and O–H groups in total. The van der Waals surface area contributed by atoms with Crippen LogP contribution in [0.15, 0.2) is 51.1 Å². The number of halogens is 1. The van der Waals surface area contributed by atoms with Gasteiger partial charge in [0.25, 0.3) is 0 Å². The monoisotopic (exact) mass is 310 g/mol.